The molecule has 0 spiro atoms. The van der Waals surface area contributed by atoms with E-state index in [4.69, 9.17) is 0 Å². The Morgan fingerprint density at radius 1 is 0.405 bits per heavy atom. The second-order valence-corrected chi connectivity index (χ2v) is 21.0. The van der Waals surface area contributed by atoms with Gasteiger partial charge in [-0.1, -0.05) is 31.9 Å². The Balaban J connectivity index is 1.07. The molecular formula is C30H10Br4S8. The van der Waals surface area contributed by atoms with Crippen molar-refractivity contribution in [1.82, 2.24) is 0 Å². The molecule has 206 valence electrons. The minimum Gasteiger partial charge on any atom is -0.143 e. The van der Waals surface area contributed by atoms with Gasteiger partial charge in [0.05, 0.1) is 28.1 Å². The lowest BCUT2D eigenvalue weighted by atomic mass is 10.1. The van der Waals surface area contributed by atoms with Crippen LogP contribution in [0.25, 0.3) is 78.0 Å². The molecule has 8 aromatic heterocycles. The van der Waals surface area contributed by atoms with Crippen molar-refractivity contribution in [3.63, 3.8) is 0 Å². The first-order valence-electron chi connectivity index (χ1n) is 12.3. The number of hydrogen-bond donors (Lipinski definition) is 0. The van der Waals surface area contributed by atoms with Gasteiger partial charge in [-0.3, -0.25) is 0 Å². The fourth-order valence-electron chi connectivity index (χ4n) is 4.98. The highest BCUT2D eigenvalue weighted by Crippen LogP contribution is 2.54. The third-order valence-corrected chi connectivity index (χ3v) is 20.4. The van der Waals surface area contributed by atoms with E-state index in [1.54, 1.807) is 0 Å². The van der Waals surface area contributed by atoms with Crippen molar-refractivity contribution in [2.45, 2.75) is 0 Å². The minimum absolute atomic E-state index is 1.09. The Morgan fingerprint density at radius 2 is 0.810 bits per heavy atom. The van der Waals surface area contributed by atoms with E-state index >= 15 is 0 Å². The first-order chi connectivity index (χ1) is 20.4. The molecule has 0 saturated carbocycles. The SMILES string of the molecule is Brc1cc(-c2sc3cc(-c4cc5sccc5s4)sc3c2Br)c(Br)cc1-c1sc2cc(-c3cc4sccc4s3)sc2c1Br. The van der Waals surface area contributed by atoms with Crippen LogP contribution < -0.4 is 0 Å². The summed E-state index contributed by atoms with van der Waals surface area (Å²) in [5.74, 6) is 0. The van der Waals surface area contributed by atoms with Crippen LogP contribution in [0.15, 0.2) is 77.2 Å². The van der Waals surface area contributed by atoms with E-state index in [0.29, 0.717) is 0 Å². The predicted octanol–water partition coefficient (Wildman–Crippen LogP) is 16.5. The van der Waals surface area contributed by atoms with Crippen molar-refractivity contribution in [2.75, 3.05) is 0 Å². The fraction of sp³-hybridized carbons (Fsp3) is 0. The molecule has 0 nitrogen and oxygen atoms in total. The number of benzene rings is 1. The molecule has 9 rings (SSSR count). The number of fused-ring (bicyclic) bond motifs is 4. The van der Waals surface area contributed by atoms with Gasteiger partial charge in [0, 0.05) is 67.8 Å². The first-order valence-corrected chi connectivity index (χ1v) is 22.1. The summed E-state index contributed by atoms with van der Waals surface area (Å²) in [5.41, 5.74) is 2.39. The highest BCUT2D eigenvalue weighted by atomic mass is 79.9. The zero-order chi connectivity index (χ0) is 28.3. The van der Waals surface area contributed by atoms with Crippen LogP contribution in [0.3, 0.4) is 0 Å². The Morgan fingerprint density at radius 3 is 1.21 bits per heavy atom. The normalized spacial score (nSPS) is 12.3. The second-order valence-electron chi connectivity index (χ2n) is 9.43. The van der Waals surface area contributed by atoms with Crippen LogP contribution >= 0.6 is 154 Å². The lowest BCUT2D eigenvalue weighted by Gasteiger charge is -2.10. The molecule has 1 aromatic carbocycles. The summed E-state index contributed by atoms with van der Waals surface area (Å²) < 4.78 is 15.3. The van der Waals surface area contributed by atoms with E-state index in [1.807, 2.05) is 90.7 Å². The van der Waals surface area contributed by atoms with Crippen LogP contribution in [0.4, 0.5) is 0 Å². The molecule has 0 saturated heterocycles. The lowest BCUT2D eigenvalue weighted by molar-refractivity contribution is 1.59. The summed E-state index contributed by atoms with van der Waals surface area (Å²) in [6, 6.07) is 18.3. The van der Waals surface area contributed by atoms with Gasteiger partial charge in [-0.05, 0) is 91.2 Å². The molecule has 0 unspecified atom stereocenters. The van der Waals surface area contributed by atoms with Gasteiger partial charge in [0.1, 0.15) is 0 Å². The van der Waals surface area contributed by atoms with Gasteiger partial charge in [0.25, 0.3) is 0 Å². The van der Waals surface area contributed by atoms with E-state index in [2.05, 4.69) is 123 Å². The first kappa shape index (κ1) is 28.0. The summed E-state index contributed by atoms with van der Waals surface area (Å²) >= 11 is 30.7. The summed E-state index contributed by atoms with van der Waals surface area (Å²) in [5, 5.41) is 4.35. The molecule has 0 amide bonds. The van der Waals surface area contributed by atoms with Crippen molar-refractivity contribution in [1.29, 1.82) is 0 Å². The van der Waals surface area contributed by atoms with Crippen LogP contribution in [0.2, 0.25) is 0 Å². The molecule has 42 heavy (non-hydrogen) atoms. The molecule has 0 radical (unpaired) electrons. The van der Waals surface area contributed by atoms with Crippen molar-refractivity contribution in [3.05, 3.63) is 77.2 Å². The molecule has 0 aliphatic rings. The molecule has 12 heteroatoms. The average molecular weight is 947 g/mol. The van der Waals surface area contributed by atoms with Gasteiger partial charge in [0.2, 0.25) is 0 Å². The van der Waals surface area contributed by atoms with E-state index in [-0.39, 0.29) is 0 Å². The van der Waals surface area contributed by atoms with Crippen molar-refractivity contribution >= 4 is 192 Å². The van der Waals surface area contributed by atoms with E-state index in [0.717, 1.165) is 8.95 Å². The molecular weight excluding hydrogens is 936 g/mol. The number of rotatable bonds is 4. The lowest BCUT2D eigenvalue weighted by Crippen LogP contribution is -1.83. The van der Waals surface area contributed by atoms with Crippen molar-refractivity contribution in [2.24, 2.45) is 0 Å². The largest absolute Gasteiger partial charge is 0.143 e. The Labute approximate surface area is 305 Å². The van der Waals surface area contributed by atoms with Gasteiger partial charge >= 0.3 is 0 Å². The number of hydrogen-bond acceptors (Lipinski definition) is 8. The minimum atomic E-state index is 1.09. The van der Waals surface area contributed by atoms with Gasteiger partial charge < -0.3 is 0 Å². The number of thiophene rings is 8. The number of halogens is 4. The predicted molar refractivity (Wildman–Crippen MR) is 212 cm³/mol. The van der Waals surface area contributed by atoms with Crippen molar-refractivity contribution < 1.29 is 0 Å². The molecule has 0 aliphatic carbocycles. The molecule has 0 atom stereocenters. The topological polar surface area (TPSA) is 0 Å². The quantitative estimate of drug-likeness (QED) is 0.165. The van der Waals surface area contributed by atoms with E-state index in [9.17, 15) is 0 Å². The van der Waals surface area contributed by atoms with Gasteiger partial charge in [0.15, 0.2) is 0 Å². The maximum absolute atomic E-state index is 3.98. The van der Waals surface area contributed by atoms with Crippen LogP contribution in [-0.4, -0.2) is 0 Å². The molecule has 9 aromatic rings. The maximum Gasteiger partial charge on any atom is 0.0606 e. The average Bonchev–Trinajstić information content (AvgIpc) is 3.77. The highest BCUT2D eigenvalue weighted by Gasteiger charge is 2.23. The van der Waals surface area contributed by atoms with Gasteiger partial charge in [-0.2, -0.15) is 0 Å². The Hall–Kier alpha value is -0.220. The van der Waals surface area contributed by atoms with Crippen LogP contribution in [-0.2, 0) is 0 Å². The standard InChI is InChI=1S/C30H10Br4S8/c31-13-6-12(28-26(34)30-24(42-28)10-22(40-30)20-8-18-16(38-20)2-4-36-18)14(32)5-11(13)27-25(33)29-23(41-27)9-21(39-29)19-7-17-15(37-19)1-3-35-17/h1-10H. The summed E-state index contributed by atoms with van der Waals surface area (Å²) in [4.78, 5) is 7.90. The Kier molecular flexibility index (Phi) is 7.12. The van der Waals surface area contributed by atoms with E-state index < -0.39 is 0 Å². The molecule has 0 bridgehead atoms. The third kappa shape index (κ3) is 4.46. The highest BCUT2D eigenvalue weighted by molar-refractivity contribution is 9.11. The zero-order valence-electron chi connectivity index (χ0n) is 20.6. The Bertz CT molecular complexity index is 2250. The summed E-state index contributed by atoms with van der Waals surface area (Å²) in [6.07, 6.45) is 0. The monoisotopic (exact) mass is 942 g/mol. The van der Waals surface area contributed by atoms with Crippen LogP contribution in [0.5, 0.6) is 0 Å². The van der Waals surface area contributed by atoms with Crippen LogP contribution in [0.1, 0.15) is 0 Å². The molecule has 0 fully saturated rings. The van der Waals surface area contributed by atoms with E-state index in [1.165, 1.54) is 86.9 Å². The van der Waals surface area contributed by atoms with Crippen molar-refractivity contribution in [3.8, 4) is 40.4 Å². The van der Waals surface area contributed by atoms with Gasteiger partial charge in [-0.15, -0.1) is 90.7 Å². The molecule has 0 aliphatic heterocycles. The molecule has 8 heterocycles. The summed E-state index contributed by atoms with van der Waals surface area (Å²) in [6.45, 7) is 0. The second kappa shape index (κ2) is 10.7. The maximum atomic E-state index is 3.98. The van der Waals surface area contributed by atoms with Crippen LogP contribution in [0, 0.1) is 0 Å². The fourth-order valence-corrected chi connectivity index (χ4v) is 17.7. The third-order valence-electron chi connectivity index (χ3n) is 6.93. The smallest absolute Gasteiger partial charge is 0.0606 e. The van der Waals surface area contributed by atoms with Gasteiger partial charge in [-0.25, -0.2) is 0 Å². The summed E-state index contributed by atoms with van der Waals surface area (Å²) in [7, 11) is 0. The molecule has 0 N–H and O–H groups in total. The zero-order valence-corrected chi connectivity index (χ0v) is 33.4.